The van der Waals surface area contributed by atoms with Crippen molar-refractivity contribution in [1.29, 1.82) is 0 Å². The first kappa shape index (κ1) is 12.2. The summed E-state index contributed by atoms with van der Waals surface area (Å²) in [6, 6.07) is 0. The van der Waals surface area contributed by atoms with Crippen LogP contribution in [0.3, 0.4) is 0 Å². The van der Waals surface area contributed by atoms with E-state index < -0.39 is 8.25 Å². The second-order valence-corrected chi connectivity index (χ2v) is 4.74. The third-order valence-corrected chi connectivity index (χ3v) is 1.87. The summed E-state index contributed by atoms with van der Waals surface area (Å²) in [5, 5.41) is 0. The van der Waals surface area contributed by atoms with Crippen molar-refractivity contribution < 1.29 is 13.6 Å². The van der Waals surface area contributed by atoms with Gasteiger partial charge in [-0.1, -0.05) is 27.7 Å². The van der Waals surface area contributed by atoms with Crippen LogP contribution in [0.15, 0.2) is 0 Å². The molecule has 0 aromatic rings. The highest BCUT2D eigenvalue weighted by molar-refractivity contribution is 7.33. The lowest BCUT2D eigenvalue weighted by atomic mass is 10.2. The first-order valence-electron chi connectivity index (χ1n) is 4.32. The van der Waals surface area contributed by atoms with E-state index in [2.05, 4.69) is 0 Å². The summed E-state index contributed by atoms with van der Waals surface area (Å²) in [7, 11) is -2.23. The van der Waals surface area contributed by atoms with E-state index >= 15 is 0 Å². The van der Waals surface area contributed by atoms with Gasteiger partial charge in [0.15, 0.2) is 0 Å². The highest BCUT2D eigenvalue weighted by atomic mass is 31.1. The second-order valence-electron chi connectivity index (χ2n) is 3.66. The fourth-order valence-electron chi connectivity index (χ4n) is 0.511. The van der Waals surface area contributed by atoms with Gasteiger partial charge in [0.1, 0.15) is 0 Å². The van der Waals surface area contributed by atoms with Crippen LogP contribution in [0.4, 0.5) is 0 Å². The fourth-order valence-corrected chi connectivity index (χ4v) is 1.53. The molecule has 0 aromatic heterocycles. The molecule has 74 valence electrons. The Morgan fingerprint density at radius 3 is 1.58 bits per heavy atom. The molecule has 0 saturated heterocycles. The lowest BCUT2D eigenvalue weighted by molar-refractivity contribution is 0.192. The predicted octanol–water partition coefficient (Wildman–Crippen LogP) is 2.72. The van der Waals surface area contributed by atoms with Crippen molar-refractivity contribution in [2.75, 3.05) is 13.2 Å². The molecule has 0 heterocycles. The van der Waals surface area contributed by atoms with Crippen molar-refractivity contribution in [3.63, 3.8) is 0 Å². The van der Waals surface area contributed by atoms with E-state index in [-0.39, 0.29) is 0 Å². The third-order valence-electron chi connectivity index (χ3n) is 1.07. The fraction of sp³-hybridized carbons (Fsp3) is 1.00. The maximum absolute atomic E-state index is 11.0. The van der Waals surface area contributed by atoms with Crippen molar-refractivity contribution in [1.82, 2.24) is 0 Å². The predicted molar refractivity (Wildman–Crippen MR) is 50.6 cm³/mol. The summed E-state index contributed by atoms with van der Waals surface area (Å²) < 4.78 is 20.9. The van der Waals surface area contributed by atoms with Crippen LogP contribution in [0.5, 0.6) is 0 Å². The van der Waals surface area contributed by atoms with E-state index in [1.165, 1.54) is 0 Å². The maximum atomic E-state index is 11.0. The van der Waals surface area contributed by atoms with E-state index in [0.717, 1.165) is 0 Å². The van der Waals surface area contributed by atoms with Gasteiger partial charge < -0.3 is 9.05 Å². The average Bonchev–Trinajstić information content (AvgIpc) is 1.96. The van der Waals surface area contributed by atoms with E-state index in [1.807, 2.05) is 27.7 Å². The van der Waals surface area contributed by atoms with Crippen LogP contribution in [0.1, 0.15) is 27.7 Å². The van der Waals surface area contributed by atoms with Crippen LogP contribution in [-0.4, -0.2) is 13.2 Å². The number of hydrogen-bond donors (Lipinski definition) is 0. The first-order valence-corrected chi connectivity index (χ1v) is 5.54. The Morgan fingerprint density at radius 2 is 1.33 bits per heavy atom. The second kappa shape index (κ2) is 6.64. The minimum Gasteiger partial charge on any atom is -0.310 e. The molecular weight excluding hydrogens is 175 g/mol. The molecule has 0 radical (unpaired) electrons. The van der Waals surface area contributed by atoms with Gasteiger partial charge in [0.25, 0.3) is 0 Å². The van der Waals surface area contributed by atoms with Gasteiger partial charge in [-0.25, -0.2) is 0 Å². The molecule has 0 aliphatic carbocycles. The van der Waals surface area contributed by atoms with Gasteiger partial charge >= 0.3 is 8.25 Å². The summed E-state index contributed by atoms with van der Waals surface area (Å²) in [5.41, 5.74) is 0. The molecule has 0 saturated carbocycles. The smallest absolute Gasteiger partial charge is 0.310 e. The Hall–Kier alpha value is 0.150. The molecule has 0 fully saturated rings. The molecule has 0 aliphatic rings. The molecule has 0 spiro atoms. The quantitative estimate of drug-likeness (QED) is 0.610. The molecule has 12 heavy (non-hydrogen) atoms. The van der Waals surface area contributed by atoms with Gasteiger partial charge in [0, 0.05) is 0 Å². The standard InChI is InChI=1S/C8H19O3P/c1-7(2)5-10-12(9)11-6-8(3)4/h7-8,12H,5-6H2,1-4H3. The average molecular weight is 194 g/mol. The van der Waals surface area contributed by atoms with Gasteiger partial charge in [-0.05, 0) is 11.8 Å². The van der Waals surface area contributed by atoms with Gasteiger partial charge in [-0.2, -0.15) is 0 Å². The largest absolute Gasteiger partial charge is 0.319 e. The van der Waals surface area contributed by atoms with E-state index in [4.69, 9.17) is 9.05 Å². The van der Waals surface area contributed by atoms with E-state index in [0.29, 0.717) is 25.0 Å². The Balaban J connectivity index is 3.34. The minimum absolute atomic E-state index is 0.404. The number of hydrogen-bond acceptors (Lipinski definition) is 3. The molecular formula is C8H19O3P. The molecule has 0 unspecified atom stereocenters. The molecule has 0 N–H and O–H groups in total. The zero-order chi connectivity index (χ0) is 9.56. The molecule has 0 aliphatic heterocycles. The van der Waals surface area contributed by atoms with E-state index in [1.54, 1.807) is 0 Å². The molecule has 0 atom stereocenters. The molecule has 0 amide bonds. The SMILES string of the molecule is CC(C)CO[PH](=O)OCC(C)C. The van der Waals surface area contributed by atoms with E-state index in [9.17, 15) is 4.57 Å². The molecule has 0 rings (SSSR count). The van der Waals surface area contributed by atoms with Gasteiger partial charge in [0.05, 0.1) is 13.2 Å². The monoisotopic (exact) mass is 194 g/mol. The van der Waals surface area contributed by atoms with Gasteiger partial charge in [-0.3, -0.25) is 4.57 Å². The van der Waals surface area contributed by atoms with Crippen LogP contribution in [0, 0.1) is 11.8 Å². The summed E-state index contributed by atoms with van der Waals surface area (Å²) in [6.45, 7) is 9.07. The van der Waals surface area contributed by atoms with Gasteiger partial charge in [-0.15, -0.1) is 0 Å². The van der Waals surface area contributed by atoms with Crippen LogP contribution in [0.25, 0.3) is 0 Å². The van der Waals surface area contributed by atoms with Crippen LogP contribution in [0.2, 0.25) is 0 Å². The lowest BCUT2D eigenvalue weighted by Gasteiger charge is -2.08. The Bertz CT molecular complexity index is 120. The molecule has 3 nitrogen and oxygen atoms in total. The van der Waals surface area contributed by atoms with Crippen LogP contribution in [-0.2, 0) is 13.6 Å². The van der Waals surface area contributed by atoms with Crippen molar-refractivity contribution >= 4 is 8.25 Å². The highest BCUT2D eigenvalue weighted by Gasteiger charge is 2.02. The molecule has 4 heteroatoms. The maximum Gasteiger partial charge on any atom is 0.319 e. The zero-order valence-corrected chi connectivity index (χ0v) is 9.29. The van der Waals surface area contributed by atoms with Crippen LogP contribution >= 0.6 is 8.25 Å². The lowest BCUT2D eigenvalue weighted by Crippen LogP contribution is -2.00. The van der Waals surface area contributed by atoms with Crippen molar-refractivity contribution in [2.45, 2.75) is 27.7 Å². The third kappa shape index (κ3) is 8.25. The Morgan fingerprint density at radius 1 is 1.00 bits per heavy atom. The van der Waals surface area contributed by atoms with Crippen molar-refractivity contribution in [3.05, 3.63) is 0 Å². The van der Waals surface area contributed by atoms with Crippen molar-refractivity contribution in [3.8, 4) is 0 Å². The van der Waals surface area contributed by atoms with Gasteiger partial charge in [0.2, 0.25) is 0 Å². The summed E-state index contributed by atoms with van der Waals surface area (Å²) >= 11 is 0. The van der Waals surface area contributed by atoms with Crippen molar-refractivity contribution in [2.24, 2.45) is 11.8 Å². The molecule has 0 bridgehead atoms. The first-order chi connectivity index (χ1) is 5.52. The normalized spacial score (nSPS) is 11.9. The summed E-state index contributed by atoms with van der Waals surface area (Å²) in [6.07, 6.45) is 0. The Labute approximate surface area is 75.4 Å². The molecule has 0 aromatic carbocycles. The number of rotatable bonds is 6. The summed E-state index contributed by atoms with van der Waals surface area (Å²) in [5.74, 6) is 0.809. The summed E-state index contributed by atoms with van der Waals surface area (Å²) in [4.78, 5) is 0. The highest BCUT2D eigenvalue weighted by Crippen LogP contribution is 2.25. The topological polar surface area (TPSA) is 35.5 Å². The van der Waals surface area contributed by atoms with Crippen LogP contribution < -0.4 is 0 Å². The minimum atomic E-state index is -2.23. The zero-order valence-electron chi connectivity index (χ0n) is 8.29. The Kier molecular flexibility index (Phi) is 6.73.